The average molecular weight is 300 g/mol. The molecule has 1 atom stereocenters. The maximum absolute atomic E-state index is 11.7. The summed E-state index contributed by atoms with van der Waals surface area (Å²) in [7, 11) is -2.52. The van der Waals surface area contributed by atoms with E-state index in [4.69, 9.17) is 9.88 Å². The number of primary sulfonamides is 1. The lowest BCUT2D eigenvalue weighted by Gasteiger charge is -2.17. The summed E-state index contributed by atoms with van der Waals surface area (Å²) in [6.45, 7) is 5.34. The van der Waals surface area contributed by atoms with Gasteiger partial charge in [0.25, 0.3) is 0 Å². The predicted molar refractivity (Wildman–Crippen MR) is 75.8 cm³/mol. The van der Waals surface area contributed by atoms with Crippen LogP contribution in [0.1, 0.15) is 32.4 Å². The number of nitrogens with one attached hydrogen (secondary N) is 1. The fourth-order valence-electron chi connectivity index (χ4n) is 1.65. The fourth-order valence-corrected chi connectivity index (χ4v) is 2.38. The van der Waals surface area contributed by atoms with Gasteiger partial charge in [-0.2, -0.15) is 0 Å². The summed E-state index contributed by atoms with van der Waals surface area (Å²) in [5.41, 5.74) is 0.642. The molecule has 0 spiro atoms. The van der Waals surface area contributed by atoms with Gasteiger partial charge in [0.15, 0.2) is 0 Å². The molecule has 1 amide bonds. The van der Waals surface area contributed by atoms with E-state index in [0.29, 0.717) is 5.56 Å². The number of hydrogen-bond donors (Lipinski definition) is 2. The van der Waals surface area contributed by atoms with Crippen molar-refractivity contribution in [1.82, 2.24) is 5.32 Å². The van der Waals surface area contributed by atoms with Crippen LogP contribution < -0.4 is 15.2 Å². The summed E-state index contributed by atoms with van der Waals surface area (Å²) in [6.07, 6.45) is 0. The largest absolute Gasteiger partial charge is 0.495 e. The van der Waals surface area contributed by atoms with E-state index in [1.807, 2.05) is 0 Å². The first-order valence-electron chi connectivity index (χ1n) is 6.18. The van der Waals surface area contributed by atoms with Gasteiger partial charge in [-0.25, -0.2) is 13.6 Å². The predicted octanol–water partition coefficient (Wildman–Crippen LogP) is 1.18. The molecule has 1 aromatic rings. The van der Waals surface area contributed by atoms with Crippen LogP contribution in [0.3, 0.4) is 0 Å². The van der Waals surface area contributed by atoms with Crippen molar-refractivity contribution < 1.29 is 17.9 Å². The van der Waals surface area contributed by atoms with Gasteiger partial charge in [0.1, 0.15) is 10.6 Å². The summed E-state index contributed by atoms with van der Waals surface area (Å²) in [5.74, 6) is -0.0717. The third-order valence-electron chi connectivity index (χ3n) is 2.88. The molecule has 3 N–H and O–H groups in total. The zero-order valence-electron chi connectivity index (χ0n) is 12.0. The number of rotatable bonds is 5. The van der Waals surface area contributed by atoms with Gasteiger partial charge < -0.3 is 10.1 Å². The summed E-state index contributed by atoms with van der Waals surface area (Å²) in [4.78, 5) is 11.6. The second kappa shape index (κ2) is 6.23. The van der Waals surface area contributed by atoms with E-state index in [1.54, 1.807) is 26.8 Å². The van der Waals surface area contributed by atoms with E-state index in [-0.39, 0.29) is 28.5 Å². The monoisotopic (exact) mass is 300 g/mol. The van der Waals surface area contributed by atoms with E-state index in [9.17, 15) is 13.2 Å². The maximum Gasteiger partial charge on any atom is 0.241 e. The third kappa shape index (κ3) is 3.94. The first-order chi connectivity index (χ1) is 9.16. The number of methoxy groups -OCH3 is 1. The molecule has 112 valence electrons. The van der Waals surface area contributed by atoms with Crippen LogP contribution in [0.4, 0.5) is 0 Å². The van der Waals surface area contributed by atoms with Crippen molar-refractivity contribution in [2.75, 3.05) is 7.11 Å². The van der Waals surface area contributed by atoms with Gasteiger partial charge in [0, 0.05) is 5.92 Å². The number of nitrogens with two attached hydrogens (primary N) is 1. The molecular weight excluding hydrogens is 280 g/mol. The third-order valence-corrected chi connectivity index (χ3v) is 3.81. The van der Waals surface area contributed by atoms with Crippen molar-refractivity contribution in [1.29, 1.82) is 0 Å². The molecule has 0 heterocycles. The van der Waals surface area contributed by atoms with E-state index in [2.05, 4.69) is 5.32 Å². The Hall–Kier alpha value is -1.60. The van der Waals surface area contributed by atoms with Crippen LogP contribution in [0, 0.1) is 5.92 Å². The van der Waals surface area contributed by atoms with E-state index in [0.717, 1.165) is 0 Å². The van der Waals surface area contributed by atoms with E-state index in [1.165, 1.54) is 19.2 Å². The molecule has 6 nitrogen and oxygen atoms in total. The molecule has 0 fully saturated rings. The van der Waals surface area contributed by atoms with Gasteiger partial charge in [0.2, 0.25) is 15.9 Å². The number of amides is 1. The quantitative estimate of drug-likeness (QED) is 0.853. The second-order valence-electron chi connectivity index (χ2n) is 4.84. The fraction of sp³-hybridized carbons (Fsp3) is 0.462. The van der Waals surface area contributed by atoms with Crippen LogP contribution >= 0.6 is 0 Å². The molecule has 1 rings (SSSR count). The molecule has 0 saturated carbocycles. The van der Waals surface area contributed by atoms with Crippen LogP contribution in [0.25, 0.3) is 0 Å². The molecule has 0 aliphatic heterocycles. The topological polar surface area (TPSA) is 98.5 Å². The number of sulfonamides is 1. The number of benzene rings is 1. The van der Waals surface area contributed by atoms with Gasteiger partial charge in [-0.05, 0) is 24.6 Å². The molecule has 1 unspecified atom stereocenters. The average Bonchev–Trinajstić information content (AvgIpc) is 2.36. The van der Waals surface area contributed by atoms with Crippen molar-refractivity contribution in [2.24, 2.45) is 11.1 Å². The number of carbonyl (C=O) groups excluding carboxylic acids is 1. The molecule has 0 aliphatic rings. The zero-order chi connectivity index (χ0) is 15.5. The highest BCUT2D eigenvalue weighted by atomic mass is 32.2. The van der Waals surface area contributed by atoms with Crippen LogP contribution in [-0.4, -0.2) is 21.4 Å². The van der Waals surface area contributed by atoms with Crippen molar-refractivity contribution in [2.45, 2.75) is 31.7 Å². The molecule has 1 aromatic carbocycles. The van der Waals surface area contributed by atoms with Gasteiger partial charge in [0.05, 0.1) is 13.2 Å². The van der Waals surface area contributed by atoms with Crippen LogP contribution in [-0.2, 0) is 14.8 Å². The Balaban J connectivity index is 3.12. The lowest BCUT2D eigenvalue weighted by Crippen LogP contribution is -2.30. The summed E-state index contributed by atoms with van der Waals surface area (Å²) in [5, 5.41) is 7.95. The molecular formula is C13H20N2O4S. The van der Waals surface area contributed by atoms with Crippen molar-refractivity contribution in [3.05, 3.63) is 23.8 Å². The van der Waals surface area contributed by atoms with Gasteiger partial charge in [-0.15, -0.1) is 0 Å². The van der Waals surface area contributed by atoms with Crippen LogP contribution in [0.15, 0.2) is 23.1 Å². The lowest BCUT2D eigenvalue weighted by atomic mass is 10.1. The Morgan fingerprint density at radius 1 is 1.30 bits per heavy atom. The lowest BCUT2D eigenvalue weighted by molar-refractivity contribution is -0.124. The normalized spacial score (nSPS) is 13.1. The summed E-state index contributed by atoms with van der Waals surface area (Å²) in [6, 6.07) is 4.31. The maximum atomic E-state index is 11.7. The standard InChI is InChI=1S/C13H20N2O4S/c1-8(2)13(16)15-9(3)10-5-6-11(19-4)12(7-10)20(14,17)18/h5-9H,1-4H3,(H,15,16)(H2,14,17,18). The van der Waals surface area contributed by atoms with Gasteiger partial charge >= 0.3 is 0 Å². The molecule has 7 heteroatoms. The minimum Gasteiger partial charge on any atom is -0.495 e. The number of hydrogen-bond acceptors (Lipinski definition) is 4. The first-order valence-corrected chi connectivity index (χ1v) is 7.72. The SMILES string of the molecule is COc1ccc(C(C)NC(=O)C(C)C)cc1S(N)(=O)=O. The summed E-state index contributed by atoms with van der Waals surface area (Å²) < 4.78 is 28.0. The zero-order valence-corrected chi connectivity index (χ0v) is 12.8. The number of carbonyl (C=O) groups is 1. The Bertz CT molecular complexity index is 596. The minimum atomic E-state index is -3.88. The van der Waals surface area contributed by atoms with E-state index >= 15 is 0 Å². The van der Waals surface area contributed by atoms with Crippen LogP contribution in [0.5, 0.6) is 5.75 Å². The molecule has 20 heavy (non-hydrogen) atoms. The van der Waals surface area contributed by atoms with Crippen molar-refractivity contribution in [3.63, 3.8) is 0 Å². The first kappa shape index (κ1) is 16.5. The van der Waals surface area contributed by atoms with Crippen molar-refractivity contribution in [3.8, 4) is 5.75 Å². The van der Waals surface area contributed by atoms with Gasteiger partial charge in [-0.1, -0.05) is 19.9 Å². The Morgan fingerprint density at radius 3 is 2.35 bits per heavy atom. The molecule has 0 aliphatic carbocycles. The molecule has 0 bridgehead atoms. The molecule has 0 aromatic heterocycles. The Morgan fingerprint density at radius 2 is 1.90 bits per heavy atom. The molecule has 0 radical (unpaired) electrons. The van der Waals surface area contributed by atoms with Gasteiger partial charge in [-0.3, -0.25) is 4.79 Å². The highest BCUT2D eigenvalue weighted by Crippen LogP contribution is 2.26. The van der Waals surface area contributed by atoms with Crippen molar-refractivity contribution >= 4 is 15.9 Å². The minimum absolute atomic E-state index is 0.0943. The second-order valence-corrected chi connectivity index (χ2v) is 6.37. The Labute approximate surface area is 119 Å². The highest BCUT2D eigenvalue weighted by Gasteiger charge is 2.19. The molecule has 0 saturated heterocycles. The highest BCUT2D eigenvalue weighted by molar-refractivity contribution is 7.89. The summed E-state index contributed by atoms with van der Waals surface area (Å²) >= 11 is 0. The smallest absolute Gasteiger partial charge is 0.241 e. The Kier molecular flexibility index (Phi) is 5.13. The van der Waals surface area contributed by atoms with E-state index < -0.39 is 10.0 Å². The number of ether oxygens (including phenoxy) is 1. The van der Waals surface area contributed by atoms with Crippen LogP contribution in [0.2, 0.25) is 0 Å².